The number of carbonyl (C=O) groups excluding carboxylic acids is 1. The zero-order chi connectivity index (χ0) is 28.8. The van der Waals surface area contributed by atoms with E-state index in [9.17, 15) is 14.7 Å². The molecule has 6 rings (SSSR count). The number of carboxylic acids is 1. The highest BCUT2D eigenvalue weighted by Gasteiger charge is 2.68. The maximum absolute atomic E-state index is 13.4. The molecule has 0 aromatic heterocycles. The predicted molar refractivity (Wildman–Crippen MR) is 153 cm³/mol. The topological polar surface area (TPSA) is 97.3 Å². The van der Waals surface area contributed by atoms with Gasteiger partial charge in [-0.15, -0.1) is 0 Å². The van der Waals surface area contributed by atoms with Crippen LogP contribution in [0.3, 0.4) is 0 Å². The lowest BCUT2D eigenvalue weighted by Gasteiger charge is -2.64. The van der Waals surface area contributed by atoms with Crippen LogP contribution in [0.15, 0.2) is 42.5 Å². The lowest BCUT2D eigenvalue weighted by Crippen LogP contribution is -2.65. The van der Waals surface area contributed by atoms with Gasteiger partial charge in [0.25, 0.3) is 0 Å². The van der Waals surface area contributed by atoms with Gasteiger partial charge < -0.3 is 29.4 Å². The quantitative estimate of drug-likeness (QED) is 0.434. The monoisotopic (exact) mass is 548 g/mol. The van der Waals surface area contributed by atoms with Gasteiger partial charge in [-0.1, -0.05) is 50.2 Å². The molecule has 3 saturated carbocycles. The first-order chi connectivity index (χ1) is 18.9. The van der Waals surface area contributed by atoms with Gasteiger partial charge in [-0.25, -0.2) is 4.79 Å². The average molecular weight is 548 g/mol. The number of carbonyl (C=O) groups is 2. The van der Waals surface area contributed by atoms with Crippen molar-refractivity contribution < 1.29 is 28.7 Å². The molecular formula is C31H41BN2O6. The largest absolute Gasteiger partial charge is 0.496 e. The molecule has 0 spiro atoms. The first-order valence-corrected chi connectivity index (χ1v) is 14.2. The van der Waals surface area contributed by atoms with E-state index in [2.05, 4.69) is 31.0 Å². The fourth-order valence-corrected chi connectivity index (χ4v) is 7.25. The van der Waals surface area contributed by atoms with E-state index in [0.717, 1.165) is 24.9 Å². The summed E-state index contributed by atoms with van der Waals surface area (Å²) in [5.74, 6) is -0.456. The van der Waals surface area contributed by atoms with Crippen LogP contribution in [0.2, 0.25) is 0 Å². The molecule has 1 saturated heterocycles. The standard InChI is InChI=1S/C31H41BN2O6/c1-30(2)22-16-24(30)31(3)25(17-22)39-32(40-31)26(15-21-8-7-9-23(29(36)37)28(21)38-6)33-27(35)14-19-10-12-20(13-11-19)18-34(4)5/h7-13,22,24-26H,14-18H2,1-6H3,(H,33,35)(H,36,37). The minimum atomic E-state index is -1.06. The number of ether oxygens (including phenoxy) is 1. The third-order valence-corrected chi connectivity index (χ3v) is 9.50. The highest BCUT2D eigenvalue weighted by Crippen LogP contribution is 2.65. The van der Waals surface area contributed by atoms with Crippen LogP contribution in [0.4, 0.5) is 0 Å². The molecule has 9 heteroatoms. The van der Waals surface area contributed by atoms with Gasteiger partial charge in [-0.2, -0.15) is 0 Å². The van der Waals surface area contributed by atoms with Crippen LogP contribution in [0.1, 0.15) is 60.7 Å². The van der Waals surface area contributed by atoms with E-state index < -0.39 is 24.6 Å². The van der Waals surface area contributed by atoms with Crippen molar-refractivity contribution in [3.8, 4) is 5.75 Å². The van der Waals surface area contributed by atoms with Crippen LogP contribution in [-0.4, -0.2) is 67.9 Å². The molecule has 214 valence electrons. The number of methoxy groups -OCH3 is 1. The van der Waals surface area contributed by atoms with Gasteiger partial charge in [0.15, 0.2) is 0 Å². The molecule has 1 aliphatic heterocycles. The molecule has 4 fully saturated rings. The molecule has 2 aromatic rings. The molecule has 1 amide bonds. The molecule has 5 unspecified atom stereocenters. The second-order valence-corrected chi connectivity index (χ2v) is 12.7. The van der Waals surface area contributed by atoms with E-state index in [0.29, 0.717) is 23.8 Å². The van der Waals surface area contributed by atoms with Gasteiger partial charge in [0, 0.05) is 6.54 Å². The molecule has 2 N–H and O–H groups in total. The van der Waals surface area contributed by atoms with Crippen molar-refractivity contribution in [1.29, 1.82) is 0 Å². The predicted octanol–water partition coefficient (Wildman–Crippen LogP) is 3.99. The summed E-state index contributed by atoms with van der Waals surface area (Å²) >= 11 is 0. The summed E-state index contributed by atoms with van der Waals surface area (Å²) in [5.41, 5.74) is 2.63. The van der Waals surface area contributed by atoms with Gasteiger partial charge in [0.05, 0.1) is 31.2 Å². The number of hydrogen-bond donors (Lipinski definition) is 2. The Bertz CT molecular complexity index is 1260. The molecule has 2 bridgehead atoms. The maximum Gasteiger partial charge on any atom is 0.482 e. The van der Waals surface area contributed by atoms with Gasteiger partial charge >= 0.3 is 13.1 Å². The number of carboxylic acid groups (broad SMARTS) is 1. The molecular weight excluding hydrogens is 507 g/mol. The number of amides is 1. The second kappa shape index (κ2) is 10.8. The molecule has 3 aliphatic carbocycles. The van der Waals surface area contributed by atoms with Crippen molar-refractivity contribution >= 4 is 19.0 Å². The van der Waals surface area contributed by atoms with E-state index >= 15 is 0 Å². The van der Waals surface area contributed by atoms with Crippen molar-refractivity contribution in [3.63, 3.8) is 0 Å². The van der Waals surface area contributed by atoms with Crippen LogP contribution in [-0.2, 0) is 33.5 Å². The number of benzene rings is 2. The van der Waals surface area contributed by atoms with Crippen molar-refractivity contribution in [2.45, 2.75) is 70.6 Å². The molecule has 1 heterocycles. The number of nitrogens with zero attached hydrogens (tertiary/aromatic N) is 1. The fourth-order valence-electron chi connectivity index (χ4n) is 7.25. The molecule has 0 radical (unpaired) electrons. The second-order valence-electron chi connectivity index (χ2n) is 12.7. The number of rotatable bonds is 10. The zero-order valence-electron chi connectivity index (χ0n) is 24.4. The Balaban J connectivity index is 1.38. The SMILES string of the molecule is COc1c(CC(NC(=O)Cc2ccc(CN(C)C)cc2)B2OC3CC4CC(C4(C)C)C3(C)O2)cccc1C(=O)O. The smallest absolute Gasteiger partial charge is 0.482 e. The Kier molecular flexibility index (Phi) is 7.76. The summed E-state index contributed by atoms with van der Waals surface area (Å²) in [6.45, 7) is 7.62. The highest BCUT2D eigenvalue weighted by atomic mass is 16.7. The van der Waals surface area contributed by atoms with Crippen molar-refractivity contribution in [2.24, 2.45) is 17.3 Å². The summed E-state index contributed by atoms with van der Waals surface area (Å²) in [5, 5.41) is 12.9. The lowest BCUT2D eigenvalue weighted by atomic mass is 9.43. The summed E-state index contributed by atoms with van der Waals surface area (Å²) < 4.78 is 18.8. The summed E-state index contributed by atoms with van der Waals surface area (Å²) in [7, 11) is 4.86. The van der Waals surface area contributed by atoms with Gasteiger partial charge in [-0.3, -0.25) is 4.79 Å². The van der Waals surface area contributed by atoms with Crippen molar-refractivity contribution in [1.82, 2.24) is 10.2 Å². The Labute approximate surface area is 237 Å². The molecule has 40 heavy (non-hydrogen) atoms. The van der Waals surface area contributed by atoms with Crippen LogP contribution in [0, 0.1) is 17.3 Å². The number of aromatic carboxylic acids is 1. The summed E-state index contributed by atoms with van der Waals surface area (Å²) in [4.78, 5) is 27.3. The molecule has 2 aromatic carbocycles. The normalized spacial score (nSPS) is 27.1. The Morgan fingerprint density at radius 1 is 1.12 bits per heavy atom. The molecule has 8 nitrogen and oxygen atoms in total. The third kappa shape index (κ3) is 5.27. The Morgan fingerprint density at radius 3 is 2.45 bits per heavy atom. The summed E-state index contributed by atoms with van der Waals surface area (Å²) in [6, 6.07) is 13.1. The van der Waals surface area contributed by atoms with E-state index in [1.54, 1.807) is 6.07 Å². The maximum atomic E-state index is 13.4. The van der Waals surface area contributed by atoms with Crippen LogP contribution in [0.25, 0.3) is 0 Å². The van der Waals surface area contributed by atoms with Gasteiger partial charge in [-0.05, 0) is 80.3 Å². The van der Waals surface area contributed by atoms with Crippen molar-refractivity contribution in [3.05, 3.63) is 64.7 Å². The van der Waals surface area contributed by atoms with E-state index in [1.165, 1.54) is 18.7 Å². The summed E-state index contributed by atoms with van der Waals surface area (Å²) in [6.07, 6.45) is 2.56. The van der Waals surface area contributed by atoms with Crippen LogP contribution < -0.4 is 10.1 Å². The number of nitrogens with one attached hydrogen (secondary N) is 1. The first-order valence-electron chi connectivity index (χ1n) is 14.2. The van der Waals surface area contributed by atoms with E-state index in [-0.39, 0.29) is 35.2 Å². The lowest BCUT2D eigenvalue weighted by molar-refractivity contribution is -0.199. The minimum Gasteiger partial charge on any atom is -0.496 e. The molecule has 5 atom stereocenters. The number of para-hydroxylation sites is 1. The van der Waals surface area contributed by atoms with Gasteiger partial charge in [0.2, 0.25) is 5.91 Å². The Hall–Kier alpha value is -2.88. The van der Waals surface area contributed by atoms with Crippen LogP contribution in [0.5, 0.6) is 5.75 Å². The van der Waals surface area contributed by atoms with E-state index in [4.69, 9.17) is 14.0 Å². The zero-order valence-corrected chi connectivity index (χ0v) is 24.4. The highest BCUT2D eigenvalue weighted by molar-refractivity contribution is 6.48. The van der Waals surface area contributed by atoms with E-state index in [1.807, 2.05) is 44.4 Å². The minimum absolute atomic E-state index is 0.0369. The number of hydrogen-bond acceptors (Lipinski definition) is 6. The first kappa shape index (κ1) is 28.6. The molecule has 4 aliphatic rings. The van der Waals surface area contributed by atoms with Crippen LogP contribution >= 0.6 is 0 Å². The van der Waals surface area contributed by atoms with Gasteiger partial charge in [0.1, 0.15) is 11.3 Å². The third-order valence-electron chi connectivity index (χ3n) is 9.50. The Morgan fingerprint density at radius 2 is 1.82 bits per heavy atom. The average Bonchev–Trinajstić information content (AvgIpc) is 3.26. The fraction of sp³-hybridized carbons (Fsp3) is 0.548. The van der Waals surface area contributed by atoms with Crippen molar-refractivity contribution in [2.75, 3.05) is 21.2 Å².